The number of nitrogens with one attached hydrogen (secondary N) is 1. The van der Waals surface area contributed by atoms with Gasteiger partial charge in [0.15, 0.2) is 16.1 Å². The molecule has 2 heterocycles. The largest absolute Gasteiger partial charge is 0.305 e. The van der Waals surface area contributed by atoms with Crippen molar-refractivity contribution in [3.63, 3.8) is 0 Å². The second kappa shape index (κ2) is 9.28. The number of non-ortho nitro benzene ring substituents is 1. The van der Waals surface area contributed by atoms with Crippen molar-refractivity contribution >= 4 is 39.8 Å². The van der Waals surface area contributed by atoms with Crippen LogP contribution in [0.3, 0.4) is 0 Å². The Kier molecular flexibility index (Phi) is 6.28. The van der Waals surface area contributed by atoms with Crippen LogP contribution in [0.1, 0.15) is 6.92 Å². The third-order valence-corrected chi connectivity index (χ3v) is 6.50. The summed E-state index contributed by atoms with van der Waals surface area (Å²) in [5.74, 6) is 0.501. The number of carbonyl (C=O) groups excluding carboxylic acids is 1. The molecule has 2 aromatic carbocycles. The molecule has 0 spiro atoms. The van der Waals surface area contributed by atoms with Crippen LogP contribution in [0.5, 0.6) is 0 Å². The van der Waals surface area contributed by atoms with E-state index < -0.39 is 10.2 Å². The van der Waals surface area contributed by atoms with Crippen LogP contribution in [0, 0.1) is 10.1 Å². The highest BCUT2D eigenvalue weighted by molar-refractivity contribution is 8.00. The van der Waals surface area contributed by atoms with E-state index in [4.69, 9.17) is 0 Å². The molecule has 0 saturated heterocycles. The highest BCUT2D eigenvalue weighted by atomic mass is 32.2. The van der Waals surface area contributed by atoms with E-state index in [0.717, 1.165) is 11.4 Å². The van der Waals surface area contributed by atoms with Crippen molar-refractivity contribution in [3.05, 3.63) is 70.1 Å². The first kappa shape index (κ1) is 21.7. The van der Waals surface area contributed by atoms with Crippen LogP contribution in [0.25, 0.3) is 22.6 Å². The van der Waals surface area contributed by atoms with E-state index in [2.05, 4.69) is 20.5 Å². The first-order valence-corrected chi connectivity index (χ1v) is 11.3. The number of nitro groups is 1. The molecule has 9 nitrogen and oxygen atoms in total. The molecule has 162 valence electrons. The maximum atomic E-state index is 12.7. The monoisotopic (exact) mass is 466 g/mol. The minimum Gasteiger partial charge on any atom is -0.305 e. The maximum Gasteiger partial charge on any atom is 0.270 e. The lowest BCUT2D eigenvalue weighted by atomic mass is 10.1. The number of amides is 1. The smallest absolute Gasteiger partial charge is 0.270 e. The number of aromatic nitrogens is 4. The molecule has 1 N–H and O–H groups in total. The number of hydrogen-bond acceptors (Lipinski definition) is 8. The predicted molar refractivity (Wildman–Crippen MR) is 125 cm³/mol. The summed E-state index contributed by atoms with van der Waals surface area (Å²) in [7, 11) is 1.86. The zero-order chi connectivity index (χ0) is 22.7. The van der Waals surface area contributed by atoms with Gasteiger partial charge in [-0.1, -0.05) is 54.2 Å². The third-order valence-electron chi connectivity index (χ3n) is 4.61. The Morgan fingerprint density at radius 2 is 1.91 bits per heavy atom. The lowest BCUT2D eigenvalue weighted by molar-refractivity contribution is -0.384. The summed E-state index contributed by atoms with van der Waals surface area (Å²) in [6.45, 7) is 1.78. The molecular weight excluding hydrogens is 448 g/mol. The Bertz CT molecular complexity index is 1270. The molecule has 0 saturated carbocycles. The summed E-state index contributed by atoms with van der Waals surface area (Å²) >= 11 is 2.56. The molecule has 4 rings (SSSR count). The van der Waals surface area contributed by atoms with Crippen LogP contribution in [-0.4, -0.2) is 35.8 Å². The van der Waals surface area contributed by atoms with Crippen molar-refractivity contribution in [1.82, 2.24) is 19.7 Å². The second-order valence-corrected chi connectivity index (χ2v) is 8.99. The van der Waals surface area contributed by atoms with Gasteiger partial charge < -0.3 is 9.88 Å². The molecule has 0 aliphatic heterocycles. The molecule has 1 atom stereocenters. The second-order valence-electron chi connectivity index (χ2n) is 6.83. The zero-order valence-corrected chi connectivity index (χ0v) is 18.8. The van der Waals surface area contributed by atoms with Gasteiger partial charge in [-0.15, -0.1) is 21.5 Å². The Hall–Kier alpha value is -3.57. The number of carbonyl (C=O) groups is 1. The number of anilines is 1. The summed E-state index contributed by atoms with van der Waals surface area (Å²) in [5.41, 5.74) is 2.12. The minimum absolute atomic E-state index is 0.00958. The molecule has 0 aliphatic carbocycles. The van der Waals surface area contributed by atoms with Crippen molar-refractivity contribution in [2.24, 2.45) is 7.05 Å². The highest BCUT2D eigenvalue weighted by Gasteiger charge is 2.20. The summed E-state index contributed by atoms with van der Waals surface area (Å²) in [6.07, 6.45) is 0. The number of rotatable bonds is 7. The number of thioether (sulfide) groups is 1. The Balaban J connectivity index is 1.42. The topological polar surface area (TPSA) is 116 Å². The molecule has 1 unspecified atom stereocenters. The van der Waals surface area contributed by atoms with Crippen LogP contribution < -0.4 is 5.32 Å². The SMILES string of the molecule is CC(Sc1nnc(-c2ccccc2)n1C)C(=O)Nc1nc(-c2cccc([N+](=O)[O-])c2)cs1. The fraction of sp³-hybridized carbons (Fsp3) is 0.143. The molecule has 2 aromatic heterocycles. The number of benzene rings is 2. The first-order valence-electron chi connectivity index (χ1n) is 9.55. The number of hydrogen-bond donors (Lipinski definition) is 1. The lowest BCUT2D eigenvalue weighted by Crippen LogP contribution is -2.22. The summed E-state index contributed by atoms with van der Waals surface area (Å²) in [6, 6.07) is 15.9. The molecule has 1 amide bonds. The fourth-order valence-corrected chi connectivity index (χ4v) is 4.45. The van der Waals surface area contributed by atoms with Crippen molar-refractivity contribution in [2.45, 2.75) is 17.3 Å². The Labute approximate surface area is 191 Å². The molecule has 4 aromatic rings. The van der Waals surface area contributed by atoms with Crippen LogP contribution in [0.2, 0.25) is 0 Å². The highest BCUT2D eigenvalue weighted by Crippen LogP contribution is 2.29. The first-order chi connectivity index (χ1) is 15.4. The van der Waals surface area contributed by atoms with E-state index in [1.165, 1.54) is 35.2 Å². The van der Waals surface area contributed by atoms with Crippen LogP contribution >= 0.6 is 23.1 Å². The van der Waals surface area contributed by atoms with Gasteiger partial charge in [-0.25, -0.2) is 4.98 Å². The zero-order valence-electron chi connectivity index (χ0n) is 17.1. The molecule has 0 bridgehead atoms. The number of nitro benzene ring substituents is 1. The molecule has 0 radical (unpaired) electrons. The lowest BCUT2D eigenvalue weighted by Gasteiger charge is -2.10. The fourth-order valence-electron chi connectivity index (χ4n) is 2.92. The van der Waals surface area contributed by atoms with Gasteiger partial charge in [-0.2, -0.15) is 0 Å². The molecule has 0 fully saturated rings. The van der Waals surface area contributed by atoms with Crippen molar-refractivity contribution in [2.75, 3.05) is 5.32 Å². The van der Waals surface area contributed by atoms with Crippen molar-refractivity contribution in [1.29, 1.82) is 0 Å². The predicted octanol–water partition coefficient (Wildman–Crippen LogP) is 4.63. The Morgan fingerprint density at radius 3 is 2.66 bits per heavy atom. The molecule has 32 heavy (non-hydrogen) atoms. The van der Waals surface area contributed by atoms with Gasteiger partial charge >= 0.3 is 0 Å². The van der Waals surface area contributed by atoms with Gasteiger partial charge in [0.1, 0.15) is 0 Å². The van der Waals surface area contributed by atoms with E-state index in [1.54, 1.807) is 24.4 Å². The van der Waals surface area contributed by atoms with Crippen LogP contribution in [0.4, 0.5) is 10.8 Å². The summed E-state index contributed by atoms with van der Waals surface area (Å²) in [4.78, 5) is 27.6. The number of thiazole rings is 1. The van der Waals surface area contributed by atoms with Gasteiger partial charge in [0, 0.05) is 35.7 Å². The van der Waals surface area contributed by atoms with Crippen molar-refractivity contribution < 1.29 is 9.72 Å². The van der Waals surface area contributed by atoms with E-state index in [1.807, 2.05) is 41.9 Å². The average Bonchev–Trinajstić information content (AvgIpc) is 3.41. The van der Waals surface area contributed by atoms with Gasteiger partial charge in [-0.05, 0) is 6.92 Å². The van der Waals surface area contributed by atoms with E-state index in [9.17, 15) is 14.9 Å². The van der Waals surface area contributed by atoms with E-state index in [-0.39, 0.29) is 11.6 Å². The third kappa shape index (κ3) is 4.68. The molecular formula is C21H18N6O3S2. The minimum atomic E-state index is -0.451. The van der Waals surface area contributed by atoms with Crippen molar-refractivity contribution in [3.8, 4) is 22.6 Å². The normalized spacial score (nSPS) is 11.8. The molecule has 11 heteroatoms. The Morgan fingerprint density at radius 1 is 1.16 bits per heavy atom. The standard InChI is InChI=1S/C21H18N6O3S2/c1-13(32-21-25-24-18(26(21)2)14-7-4-3-5-8-14)19(28)23-20-22-17(12-31-20)15-9-6-10-16(11-15)27(29)30/h3-13H,1-2H3,(H,22,23,28). The molecule has 0 aliphatic rings. The maximum absolute atomic E-state index is 12.7. The van der Waals surface area contributed by atoms with E-state index in [0.29, 0.717) is 21.5 Å². The van der Waals surface area contributed by atoms with E-state index >= 15 is 0 Å². The van der Waals surface area contributed by atoms with Crippen LogP contribution in [-0.2, 0) is 11.8 Å². The average molecular weight is 467 g/mol. The van der Waals surface area contributed by atoms with Gasteiger partial charge in [-0.3, -0.25) is 14.9 Å². The summed E-state index contributed by atoms with van der Waals surface area (Å²) < 4.78 is 1.85. The van der Waals surface area contributed by atoms with Gasteiger partial charge in [0.25, 0.3) is 5.69 Å². The van der Waals surface area contributed by atoms with Gasteiger partial charge in [0.2, 0.25) is 5.91 Å². The van der Waals surface area contributed by atoms with Gasteiger partial charge in [0.05, 0.1) is 15.9 Å². The number of nitrogens with zero attached hydrogens (tertiary/aromatic N) is 5. The summed E-state index contributed by atoms with van der Waals surface area (Å²) in [5, 5.41) is 24.6. The van der Waals surface area contributed by atoms with Crippen LogP contribution in [0.15, 0.2) is 65.1 Å². The quantitative estimate of drug-likeness (QED) is 0.240.